The van der Waals surface area contributed by atoms with Gasteiger partial charge in [-0.15, -0.1) is 0 Å². The summed E-state index contributed by atoms with van der Waals surface area (Å²) in [5.41, 5.74) is 2.69. The second kappa shape index (κ2) is 14.4. The largest absolute Gasteiger partial charge is 1.00 e. The number of hydrogen-bond acceptors (Lipinski definition) is 0. The summed E-state index contributed by atoms with van der Waals surface area (Å²) in [7, 11) is 0. The van der Waals surface area contributed by atoms with Crippen LogP contribution in [0.5, 0.6) is 0 Å². The molecule has 0 aliphatic heterocycles. The van der Waals surface area contributed by atoms with Crippen molar-refractivity contribution in [2.45, 2.75) is 71.9 Å². The molecule has 0 saturated carbocycles. The van der Waals surface area contributed by atoms with E-state index in [9.17, 15) is 0 Å². The van der Waals surface area contributed by atoms with Crippen LogP contribution in [0.4, 0.5) is 0 Å². The molecule has 0 bridgehead atoms. The van der Waals surface area contributed by atoms with Crippen molar-refractivity contribution in [1.29, 1.82) is 0 Å². The summed E-state index contributed by atoms with van der Waals surface area (Å²) in [6, 6.07) is 8.60. The first-order valence-corrected chi connectivity index (χ1v) is 9.15. The number of aryl methyl sites for hydroxylation is 4. The van der Waals surface area contributed by atoms with Crippen LogP contribution in [0.15, 0.2) is 49.1 Å². The molecule has 0 aliphatic carbocycles. The maximum Gasteiger partial charge on any atom is 0.171 e. The van der Waals surface area contributed by atoms with E-state index in [4.69, 9.17) is 0 Å². The van der Waals surface area contributed by atoms with Gasteiger partial charge in [-0.1, -0.05) is 19.3 Å². The van der Waals surface area contributed by atoms with Gasteiger partial charge >= 0.3 is 0 Å². The van der Waals surface area contributed by atoms with E-state index in [2.05, 4.69) is 72.0 Å². The molecule has 2 aromatic rings. The van der Waals surface area contributed by atoms with Gasteiger partial charge in [0.05, 0.1) is 0 Å². The lowest BCUT2D eigenvalue weighted by molar-refractivity contribution is -0.697. The van der Waals surface area contributed by atoms with Gasteiger partial charge in [0.25, 0.3) is 0 Å². The van der Waals surface area contributed by atoms with Crippen molar-refractivity contribution in [3.63, 3.8) is 0 Å². The van der Waals surface area contributed by atoms with Crippen molar-refractivity contribution in [3.8, 4) is 0 Å². The van der Waals surface area contributed by atoms with Crippen LogP contribution in [0.25, 0.3) is 0 Å². The quantitative estimate of drug-likeness (QED) is 0.289. The Morgan fingerprint density at radius 1 is 0.600 bits per heavy atom. The molecule has 2 heterocycles. The fourth-order valence-corrected chi connectivity index (χ4v) is 3.06. The van der Waals surface area contributed by atoms with Gasteiger partial charge in [-0.25, -0.2) is 9.13 Å². The van der Waals surface area contributed by atoms with Crippen LogP contribution in [0.2, 0.25) is 0 Å². The first-order valence-electron chi connectivity index (χ1n) is 9.15. The Labute approximate surface area is 174 Å². The fraction of sp³-hybridized carbons (Fsp3) is 0.524. The first kappa shape index (κ1) is 24.3. The fourth-order valence-electron chi connectivity index (χ4n) is 3.06. The summed E-state index contributed by atoms with van der Waals surface area (Å²) >= 11 is 0. The minimum Gasteiger partial charge on any atom is -1.00 e. The van der Waals surface area contributed by atoms with Crippen LogP contribution in [0.3, 0.4) is 0 Å². The number of aromatic nitrogens is 2. The van der Waals surface area contributed by atoms with Gasteiger partial charge in [-0.2, -0.15) is 0 Å². The van der Waals surface area contributed by atoms with Gasteiger partial charge in [-0.05, 0) is 38.8 Å². The van der Waals surface area contributed by atoms with Crippen LogP contribution in [0.1, 0.15) is 56.1 Å². The normalized spacial score (nSPS) is 10.0. The van der Waals surface area contributed by atoms with Crippen LogP contribution in [0, 0.1) is 13.8 Å². The molecular weight excluding hydrogens is 440 g/mol. The standard InChI is InChI=1S/C21H32N2.2BrH/c1-20-12-10-16-22(18-20)14-8-6-4-3-5-7-9-15-23-17-11-13-21(2)19-23;;/h10-13,16-19H,3-9,14-15H2,1-2H3;2*1H/q+2;;/p-2. The predicted molar refractivity (Wildman–Crippen MR) is 95.1 cm³/mol. The molecule has 0 fully saturated rings. The summed E-state index contributed by atoms with van der Waals surface area (Å²) < 4.78 is 4.63. The van der Waals surface area contributed by atoms with Gasteiger partial charge < -0.3 is 34.0 Å². The Kier molecular flexibility index (Phi) is 14.0. The molecule has 0 spiro atoms. The van der Waals surface area contributed by atoms with Gasteiger partial charge in [0.2, 0.25) is 0 Å². The molecule has 0 N–H and O–H groups in total. The molecule has 2 aromatic heterocycles. The van der Waals surface area contributed by atoms with E-state index in [-0.39, 0.29) is 34.0 Å². The lowest BCUT2D eigenvalue weighted by Crippen LogP contribution is -3.00. The van der Waals surface area contributed by atoms with E-state index < -0.39 is 0 Å². The highest BCUT2D eigenvalue weighted by atomic mass is 79.9. The summed E-state index contributed by atoms with van der Waals surface area (Å²) in [6.45, 7) is 6.63. The van der Waals surface area contributed by atoms with Crippen LogP contribution in [-0.4, -0.2) is 0 Å². The highest BCUT2D eigenvalue weighted by molar-refractivity contribution is 5.01. The molecule has 4 heteroatoms. The van der Waals surface area contributed by atoms with Gasteiger partial charge in [0, 0.05) is 36.1 Å². The van der Waals surface area contributed by atoms with Crippen molar-refractivity contribution in [2.24, 2.45) is 0 Å². The van der Waals surface area contributed by atoms with Crippen molar-refractivity contribution < 1.29 is 43.1 Å². The van der Waals surface area contributed by atoms with E-state index in [1.165, 1.54) is 56.1 Å². The Hall–Kier alpha value is -0.740. The molecule has 0 aromatic carbocycles. The Morgan fingerprint density at radius 2 is 0.960 bits per heavy atom. The number of halogens is 2. The van der Waals surface area contributed by atoms with Crippen molar-refractivity contribution in [3.05, 3.63) is 60.2 Å². The van der Waals surface area contributed by atoms with Crippen LogP contribution < -0.4 is 43.1 Å². The van der Waals surface area contributed by atoms with E-state index in [1.807, 2.05) is 0 Å². The van der Waals surface area contributed by atoms with Crippen molar-refractivity contribution >= 4 is 0 Å². The molecule has 25 heavy (non-hydrogen) atoms. The number of nitrogens with zero attached hydrogens (tertiary/aromatic N) is 2. The average Bonchev–Trinajstić information content (AvgIpc) is 2.53. The van der Waals surface area contributed by atoms with Crippen LogP contribution >= 0.6 is 0 Å². The zero-order valence-electron chi connectivity index (χ0n) is 15.6. The Balaban J connectivity index is 0.00000288. The summed E-state index contributed by atoms with van der Waals surface area (Å²) in [5, 5.41) is 0. The molecule has 2 rings (SSSR count). The summed E-state index contributed by atoms with van der Waals surface area (Å²) in [4.78, 5) is 0. The van der Waals surface area contributed by atoms with Crippen molar-refractivity contribution in [1.82, 2.24) is 0 Å². The highest BCUT2D eigenvalue weighted by Gasteiger charge is 2.01. The Bertz CT molecular complexity index is 536. The van der Waals surface area contributed by atoms with Gasteiger partial charge in [0.15, 0.2) is 24.8 Å². The maximum atomic E-state index is 2.31. The number of unbranched alkanes of at least 4 members (excludes halogenated alkanes) is 6. The SMILES string of the molecule is Cc1ccc[n+](CCCCCCCCC[n+]2cccc(C)c2)c1.[Br-].[Br-]. The predicted octanol–water partition coefficient (Wildman–Crippen LogP) is -1.68. The van der Waals surface area contributed by atoms with E-state index in [0.717, 1.165) is 13.1 Å². The zero-order chi connectivity index (χ0) is 16.3. The second-order valence-corrected chi connectivity index (χ2v) is 6.71. The molecule has 0 aliphatic rings. The molecule has 140 valence electrons. The third kappa shape index (κ3) is 10.8. The monoisotopic (exact) mass is 470 g/mol. The van der Waals surface area contributed by atoms with Crippen LogP contribution in [-0.2, 0) is 13.1 Å². The van der Waals surface area contributed by atoms with E-state index >= 15 is 0 Å². The number of pyridine rings is 2. The molecular formula is C21H32Br2N2. The van der Waals surface area contributed by atoms with Gasteiger partial charge in [-0.3, -0.25) is 0 Å². The molecule has 0 amide bonds. The zero-order valence-corrected chi connectivity index (χ0v) is 18.8. The Morgan fingerprint density at radius 3 is 1.32 bits per heavy atom. The number of hydrogen-bond donors (Lipinski definition) is 0. The maximum absolute atomic E-state index is 2.31. The van der Waals surface area contributed by atoms with Crippen molar-refractivity contribution in [2.75, 3.05) is 0 Å². The molecule has 2 nitrogen and oxygen atoms in total. The lowest BCUT2D eigenvalue weighted by atomic mass is 10.1. The molecule has 0 atom stereocenters. The molecule has 0 saturated heterocycles. The third-order valence-corrected chi connectivity index (χ3v) is 4.34. The molecule has 0 radical (unpaired) electrons. The minimum absolute atomic E-state index is 0. The van der Waals surface area contributed by atoms with E-state index in [0.29, 0.717) is 0 Å². The van der Waals surface area contributed by atoms with Gasteiger partial charge in [0.1, 0.15) is 13.1 Å². The topological polar surface area (TPSA) is 7.76 Å². The number of rotatable bonds is 10. The average molecular weight is 472 g/mol. The second-order valence-electron chi connectivity index (χ2n) is 6.71. The minimum atomic E-state index is 0. The smallest absolute Gasteiger partial charge is 0.171 e. The molecule has 0 unspecified atom stereocenters. The summed E-state index contributed by atoms with van der Waals surface area (Å²) in [5.74, 6) is 0. The third-order valence-electron chi connectivity index (χ3n) is 4.34. The van der Waals surface area contributed by atoms with E-state index in [1.54, 1.807) is 0 Å². The summed E-state index contributed by atoms with van der Waals surface area (Å²) in [6.07, 6.45) is 18.3. The highest BCUT2D eigenvalue weighted by Crippen LogP contribution is 2.07. The lowest BCUT2D eigenvalue weighted by Gasteiger charge is -2.01. The first-order chi connectivity index (χ1) is 11.2.